The molecular weight excluding hydrogens is 232 g/mol. The van der Waals surface area contributed by atoms with Gasteiger partial charge >= 0.3 is 0 Å². The third-order valence-corrected chi connectivity index (χ3v) is 4.24. The maximum absolute atomic E-state index is 3.78. The van der Waals surface area contributed by atoms with Gasteiger partial charge in [-0.2, -0.15) is 0 Å². The van der Waals surface area contributed by atoms with Crippen molar-refractivity contribution in [3.63, 3.8) is 0 Å². The predicted octanol–water partition coefficient (Wildman–Crippen LogP) is 3.38. The van der Waals surface area contributed by atoms with Crippen LogP contribution in [0.1, 0.15) is 50.3 Å². The summed E-state index contributed by atoms with van der Waals surface area (Å²) in [5.74, 6) is 0. The van der Waals surface area contributed by atoms with E-state index in [0.29, 0.717) is 12.1 Å². The van der Waals surface area contributed by atoms with Crippen molar-refractivity contribution >= 4 is 0 Å². The molecule has 0 radical (unpaired) electrons. The van der Waals surface area contributed by atoms with Crippen LogP contribution in [-0.4, -0.2) is 31.1 Å². The summed E-state index contributed by atoms with van der Waals surface area (Å²) in [6.45, 7) is 6.81. The molecule has 0 saturated carbocycles. The van der Waals surface area contributed by atoms with E-state index in [4.69, 9.17) is 0 Å². The van der Waals surface area contributed by atoms with Gasteiger partial charge < -0.3 is 10.2 Å². The van der Waals surface area contributed by atoms with Gasteiger partial charge in [-0.1, -0.05) is 38.1 Å². The van der Waals surface area contributed by atoms with E-state index in [1.165, 1.54) is 43.4 Å². The molecule has 0 amide bonds. The second-order valence-corrected chi connectivity index (χ2v) is 5.72. The van der Waals surface area contributed by atoms with Gasteiger partial charge in [-0.15, -0.1) is 0 Å². The number of benzene rings is 1. The number of hydrogen-bond acceptors (Lipinski definition) is 2. The zero-order valence-electron chi connectivity index (χ0n) is 12.7. The van der Waals surface area contributed by atoms with Gasteiger partial charge in [-0.25, -0.2) is 0 Å². The molecule has 1 aliphatic rings. The first-order valence-electron chi connectivity index (χ1n) is 7.79. The fraction of sp³-hybridized carbons (Fsp3) is 0.647. The first kappa shape index (κ1) is 14.5. The lowest BCUT2D eigenvalue weighted by Gasteiger charge is -2.39. The summed E-state index contributed by atoms with van der Waals surface area (Å²) in [7, 11) is 2.28. The van der Waals surface area contributed by atoms with E-state index in [1.807, 2.05) is 0 Å². The summed E-state index contributed by atoms with van der Waals surface area (Å²) in [5, 5.41) is 3.78. The van der Waals surface area contributed by atoms with Crippen LogP contribution in [0.15, 0.2) is 24.3 Å². The van der Waals surface area contributed by atoms with E-state index in [0.717, 1.165) is 6.54 Å². The largest absolute Gasteiger partial charge is 0.309 e. The van der Waals surface area contributed by atoms with Crippen molar-refractivity contribution in [3.8, 4) is 0 Å². The molecule has 1 aromatic carbocycles. The SMILES string of the molecule is CCCNC1c2ccccc2CCC1N(C)CCC. The zero-order chi connectivity index (χ0) is 13.7. The second-order valence-electron chi connectivity index (χ2n) is 5.72. The van der Waals surface area contributed by atoms with E-state index in [-0.39, 0.29) is 0 Å². The Labute approximate surface area is 118 Å². The van der Waals surface area contributed by atoms with Crippen molar-refractivity contribution in [1.82, 2.24) is 10.2 Å². The Morgan fingerprint density at radius 2 is 2.00 bits per heavy atom. The molecule has 0 saturated heterocycles. The summed E-state index contributed by atoms with van der Waals surface area (Å²) in [4.78, 5) is 2.54. The monoisotopic (exact) mass is 260 g/mol. The Kier molecular flexibility index (Phi) is 5.41. The molecule has 1 N–H and O–H groups in total. The Balaban J connectivity index is 2.20. The first-order valence-corrected chi connectivity index (χ1v) is 7.79. The molecule has 0 fully saturated rings. The third kappa shape index (κ3) is 3.37. The number of likely N-dealkylation sites (N-methyl/N-ethyl adjacent to an activating group) is 1. The molecule has 2 unspecified atom stereocenters. The van der Waals surface area contributed by atoms with Crippen molar-refractivity contribution in [2.24, 2.45) is 0 Å². The summed E-state index contributed by atoms with van der Waals surface area (Å²) in [6, 6.07) is 10.1. The standard InChI is InChI=1S/C17H28N2/c1-4-12-18-17-15-9-7-6-8-14(15)10-11-16(17)19(3)13-5-2/h6-9,16-18H,4-5,10-13H2,1-3H3. The Hall–Kier alpha value is -0.860. The number of nitrogens with zero attached hydrogens (tertiary/aromatic N) is 1. The number of nitrogens with one attached hydrogen (secondary N) is 1. The van der Waals surface area contributed by atoms with Crippen LogP contribution in [0.4, 0.5) is 0 Å². The molecule has 2 rings (SSSR count). The van der Waals surface area contributed by atoms with Gasteiger partial charge in [0.15, 0.2) is 0 Å². The highest BCUT2D eigenvalue weighted by molar-refractivity contribution is 5.34. The van der Waals surface area contributed by atoms with Gasteiger partial charge in [0.05, 0.1) is 0 Å². The Morgan fingerprint density at radius 3 is 2.74 bits per heavy atom. The minimum absolute atomic E-state index is 0.501. The number of rotatable bonds is 6. The van der Waals surface area contributed by atoms with Crippen molar-refractivity contribution in [2.75, 3.05) is 20.1 Å². The number of aryl methyl sites for hydroxylation is 1. The predicted molar refractivity (Wildman–Crippen MR) is 82.5 cm³/mol. The van der Waals surface area contributed by atoms with Crippen LogP contribution < -0.4 is 5.32 Å². The van der Waals surface area contributed by atoms with E-state index in [9.17, 15) is 0 Å². The van der Waals surface area contributed by atoms with Gasteiger partial charge in [0.1, 0.15) is 0 Å². The molecule has 19 heavy (non-hydrogen) atoms. The van der Waals surface area contributed by atoms with Gasteiger partial charge in [0.2, 0.25) is 0 Å². The second kappa shape index (κ2) is 7.06. The van der Waals surface area contributed by atoms with Crippen LogP contribution >= 0.6 is 0 Å². The molecule has 2 heteroatoms. The minimum atomic E-state index is 0.501. The van der Waals surface area contributed by atoms with E-state index in [2.05, 4.69) is 55.4 Å². The normalized spacial score (nSPS) is 22.5. The highest BCUT2D eigenvalue weighted by atomic mass is 15.2. The van der Waals surface area contributed by atoms with Crippen LogP contribution in [-0.2, 0) is 6.42 Å². The average Bonchev–Trinajstić information content (AvgIpc) is 2.44. The highest BCUT2D eigenvalue weighted by Gasteiger charge is 2.30. The van der Waals surface area contributed by atoms with Gasteiger partial charge in [-0.3, -0.25) is 0 Å². The van der Waals surface area contributed by atoms with Crippen LogP contribution in [0.5, 0.6) is 0 Å². The molecule has 1 aromatic rings. The van der Waals surface area contributed by atoms with Crippen LogP contribution in [0.3, 0.4) is 0 Å². The first-order chi connectivity index (χ1) is 9.27. The van der Waals surface area contributed by atoms with Gasteiger partial charge in [0.25, 0.3) is 0 Å². The highest BCUT2D eigenvalue weighted by Crippen LogP contribution is 2.32. The lowest BCUT2D eigenvalue weighted by molar-refractivity contribution is 0.173. The van der Waals surface area contributed by atoms with E-state index in [1.54, 1.807) is 0 Å². The summed E-state index contributed by atoms with van der Waals surface area (Å²) in [5.41, 5.74) is 3.06. The molecule has 2 atom stereocenters. The molecule has 0 aliphatic heterocycles. The van der Waals surface area contributed by atoms with Crippen molar-refractivity contribution in [1.29, 1.82) is 0 Å². The van der Waals surface area contributed by atoms with Crippen LogP contribution in [0.2, 0.25) is 0 Å². The lowest BCUT2D eigenvalue weighted by atomic mass is 9.83. The maximum Gasteiger partial charge on any atom is 0.0480 e. The zero-order valence-corrected chi connectivity index (χ0v) is 12.7. The fourth-order valence-electron chi connectivity index (χ4n) is 3.28. The lowest BCUT2D eigenvalue weighted by Crippen LogP contribution is -2.46. The van der Waals surface area contributed by atoms with Crippen molar-refractivity contribution in [3.05, 3.63) is 35.4 Å². The van der Waals surface area contributed by atoms with Crippen LogP contribution in [0, 0.1) is 0 Å². The molecule has 106 valence electrons. The number of hydrogen-bond donors (Lipinski definition) is 1. The molecule has 0 heterocycles. The maximum atomic E-state index is 3.78. The molecule has 0 bridgehead atoms. The molecule has 2 nitrogen and oxygen atoms in total. The minimum Gasteiger partial charge on any atom is -0.309 e. The topological polar surface area (TPSA) is 15.3 Å². The van der Waals surface area contributed by atoms with Gasteiger partial charge in [-0.05, 0) is 56.9 Å². The van der Waals surface area contributed by atoms with Crippen LogP contribution in [0.25, 0.3) is 0 Å². The van der Waals surface area contributed by atoms with E-state index < -0.39 is 0 Å². The fourth-order valence-corrected chi connectivity index (χ4v) is 3.28. The third-order valence-electron chi connectivity index (χ3n) is 4.24. The molecule has 1 aliphatic carbocycles. The van der Waals surface area contributed by atoms with Crippen molar-refractivity contribution < 1.29 is 0 Å². The van der Waals surface area contributed by atoms with Crippen molar-refractivity contribution in [2.45, 2.75) is 51.6 Å². The van der Waals surface area contributed by atoms with Gasteiger partial charge in [0, 0.05) is 12.1 Å². The molecular formula is C17H28N2. The quantitative estimate of drug-likeness (QED) is 0.843. The summed E-state index contributed by atoms with van der Waals surface area (Å²) >= 11 is 0. The Bertz CT molecular complexity index is 389. The molecule has 0 aromatic heterocycles. The number of fused-ring (bicyclic) bond motifs is 1. The van der Waals surface area contributed by atoms with E-state index >= 15 is 0 Å². The molecule has 0 spiro atoms. The Morgan fingerprint density at radius 1 is 1.21 bits per heavy atom. The smallest absolute Gasteiger partial charge is 0.0480 e. The summed E-state index contributed by atoms with van der Waals surface area (Å²) in [6.07, 6.45) is 4.92. The summed E-state index contributed by atoms with van der Waals surface area (Å²) < 4.78 is 0. The average molecular weight is 260 g/mol.